The average molecular weight is 1180 g/mol. The van der Waals surface area contributed by atoms with E-state index < -0.39 is 55.5 Å². The number of methoxy groups -OCH3 is 2. The zero-order valence-corrected chi connectivity index (χ0v) is 48.0. The molecule has 9 rings (SSSR count). The molecule has 4 aromatic carbocycles. The van der Waals surface area contributed by atoms with E-state index in [9.17, 15) is 44.4 Å². The van der Waals surface area contributed by atoms with Crippen LogP contribution in [0.5, 0.6) is 23.0 Å². The molecule has 1 unspecified atom stereocenters. The molecule has 0 saturated carbocycles. The molecule has 23 heteroatoms. The predicted molar refractivity (Wildman–Crippen MR) is 307 cm³/mol. The van der Waals surface area contributed by atoms with E-state index in [0.29, 0.717) is 66.3 Å². The first-order chi connectivity index (χ1) is 40.9. The van der Waals surface area contributed by atoms with Gasteiger partial charge < -0.3 is 77.6 Å². The molecule has 4 N–H and O–H groups in total. The standard InChI is InChI=1S/C62H72N4O19/c1-35-18-42-28-63-48-25-44(37(3)20-45(48)58(72)64(42)29-35)41-21-40(22-43(24-41)81-17-16-79-13-12-78-14-15-80-31-38(4)67)33-82-55-27-49-46(26-54(55)77-6)59(73)65-30-36(2)19-50(65)60(74)66(49)62(75)84-32-39-9-10-53(47(23-39)51(68)8-7-11-76-5)85-61-57(71)56(70)52(69)34-83-61/h9-10,20-28,42,50,52,56-57,60-61,69-71,74H,1-2,7-8,11-19,29-34H2,3-6H3/t42-,50-,52+,56-,57+,60?,61-/m0/s1. The minimum atomic E-state index is -1.65. The summed E-state index contributed by atoms with van der Waals surface area (Å²) < 4.78 is 57.6. The third-order valence-corrected chi connectivity index (χ3v) is 15.0. The topological polar surface area (TPSA) is 281 Å². The first-order valence-electron chi connectivity index (χ1n) is 28.0. The van der Waals surface area contributed by atoms with Gasteiger partial charge in [-0.2, -0.15) is 0 Å². The number of rotatable bonds is 26. The quantitative estimate of drug-likeness (QED) is 0.0347. The zero-order chi connectivity index (χ0) is 60.5. The van der Waals surface area contributed by atoms with Gasteiger partial charge in [-0.3, -0.25) is 24.2 Å². The number of hydrogen-bond acceptors (Lipinski definition) is 20. The van der Waals surface area contributed by atoms with Crippen molar-refractivity contribution >= 4 is 47.1 Å². The molecule has 3 fully saturated rings. The maximum Gasteiger partial charge on any atom is 0.416 e. The number of amides is 3. The summed E-state index contributed by atoms with van der Waals surface area (Å²) in [6.07, 6.45) is -5.70. The third-order valence-electron chi connectivity index (χ3n) is 15.0. The third kappa shape index (κ3) is 14.6. The van der Waals surface area contributed by atoms with E-state index in [0.717, 1.165) is 27.2 Å². The molecule has 0 aliphatic carbocycles. The Kier molecular flexibility index (Phi) is 20.5. The summed E-state index contributed by atoms with van der Waals surface area (Å²) in [4.78, 5) is 76.8. The monoisotopic (exact) mass is 1180 g/mol. The van der Waals surface area contributed by atoms with E-state index in [4.69, 9.17) is 52.4 Å². The van der Waals surface area contributed by atoms with Crippen molar-refractivity contribution in [2.24, 2.45) is 4.99 Å². The minimum absolute atomic E-state index is 0.00209. The fourth-order valence-electron chi connectivity index (χ4n) is 10.7. The van der Waals surface area contributed by atoms with Gasteiger partial charge in [-0.1, -0.05) is 30.4 Å². The Hall–Kier alpha value is -7.58. The lowest BCUT2D eigenvalue weighted by molar-refractivity contribution is -0.242. The fourth-order valence-corrected chi connectivity index (χ4v) is 10.7. The zero-order valence-electron chi connectivity index (χ0n) is 48.0. The Morgan fingerprint density at radius 1 is 0.729 bits per heavy atom. The largest absolute Gasteiger partial charge is 0.493 e. The predicted octanol–water partition coefficient (Wildman–Crippen LogP) is 5.43. The van der Waals surface area contributed by atoms with Crippen molar-refractivity contribution in [1.29, 1.82) is 0 Å². The first kappa shape index (κ1) is 62.0. The molecule has 7 atom stereocenters. The highest BCUT2D eigenvalue weighted by molar-refractivity contribution is 6.07. The van der Waals surface area contributed by atoms with Crippen LogP contribution in [0.15, 0.2) is 90.0 Å². The lowest BCUT2D eigenvalue weighted by Gasteiger charge is -2.35. The van der Waals surface area contributed by atoms with Gasteiger partial charge in [-0.15, -0.1) is 0 Å². The van der Waals surface area contributed by atoms with Crippen LogP contribution in [0.1, 0.15) is 80.4 Å². The van der Waals surface area contributed by atoms with Gasteiger partial charge in [0, 0.05) is 45.5 Å². The number of fused-ring (bicyclic) bond motifs is 4. The van der Waals surface area contributed by atoms with Crippen LogP contribution in [-0.4, -0.2) is 196 Å². The van der Waals surface area contributed by atoms with E-state index in [1.807, 2.05) is 31.2 Å². The minimum Gasteiger partial charge on any atom is -0.493 e. The van der Waals surface area contributed by atoms with Gasteiger partial charge >= 0.3 is 6.09 Å². The second-order valence-electron chi connectivity index (χ2n) is 21.4. The van der Waals surface area contributed by atoms with Crippen molar-refractivity contribution in [3.8, 4) is 34.1 Å². The Balaban J connectivity index is 0.981. The van der Waals surface area contributed by atoms with E-state index in [-0.39, 0.29) is 130 Å². The van der Waals surface area contributed by atoms with Crippen LogP contribution in [0.3, 0.4) is 0 Å². The molecule has 3 amide bonds. The number of ketones is 2. The number of Topliss-reactive ketones (excluding diaryl/α,β-unsaturated/α-hetero) is 2. The fraction of sp³-hybridized carbons (Fsp3) is 0.452. The molecule has 3 saturated heterocycles. The van der Waals surface area contributed by atoms with Crippen LogP contribution in [0.4, 0.5) is 16.2 Å². The van der Waals surface area contributed by atoms with Crippen LogP contribution < -0.4 is 23.8 Å². The number of hydrogen-bond donors (Lipinski definition) is 4. The molecule has 0 aromatic heterocycles. The molecule has 5 aliphatic heterocycles. The first-order valence-corrected chi connectivity index (χ1v) is 28.0. The summed E-state index contributed by atoms with van der Waals surface area (Å²) in [5.41, 5.74) is 5.88. The number of aliphatic imine (C=N–C) groups is 1. The van der Waals surface area contributed by atoms with Crippen LogP contribution in [0.25, 0.3) is 11.1 Å². The number of aliphatic hydroxyl groups is 4. The number of ether oxygens (including phenoxy) is 10. The SMILES string of the molecule is C=C1C[C@H]2C=Nc3cc(-c4cc(COc5cc6c(cc5OC)C(=O)N5CC(=C)C[C@H]5C(O)N6C(=O)OCc5ccc(O[C@@H]6OC[C@@H](O)[C@H](O)[C@H]6O)c(C(=O)CCCOC)c5)cc(OCCOCCOCCOCC(C)=O)c4)c(C)cc3C(=O)N2C1. The molecule has 0 radical (unpaired) electrons. The Morgan fingerprint density at radius 3 is 2.21 bits per heavy atom. The Bertz CT molecular complexity index is 3200. The van der Waals surface area contributed by atoms with Crippen LogP contribution >= 0.6 is 0 Å². The molecule has 4 aromatic rings. The van der Waals surface area contributed by atoms with Crippen LogP contribution in [0.2, 0.25) is 0 Å². The molecule has 5 aliphatic rings. The summed E-state index contributed by atoms with van der Waals surface area (Å²) >= 11 is 0. The van der Waals surface area contributed by atoms with Gasteiger partial charge in [0.25, 0.3) is 11.8 Å². The molecule has 0 spiro atoms. The number of benzene rings is 4. The van der Waals surface area contributed by atoms with E-state index in [2.05, 4.69) is 13.2 Å². The van der Waals surface area contributed by atoms with Gasteiger partial charge in [0.2, 0.25) is 6.29 Å². The van der Waals surface area contributed by atoms with Crippen molar-refractivity contribution in [2.45, 2.75) is 95.7 Å². The highest BCUT2D eigenvalue weighted by atomic mass is 16.7. The van der Waals surface area contributed by atoms with E-state index in [1.54, 1.807) is 17.2 Å². The average Bonchev–Trinajstić information content (AvgIpc) is 3.04. The van der Waals surface area contributed by atoms with Crippen LogP contribution in [-0.2, 0) is 46.4 Å². The highest BCUT2D eigenvalue weighted by Crippen LogP contribution is 2.43. The second kappa shape index (κ2) is 28.1. The van der Waals surface area contributed by atoms with Crippen molar-refractivity contribution < 1.29 is 91.8 Å². The number of aliphatic hydroxyl groups excluding tert-OH is 4. The molecule has 5 heterocycles. The number of nitrogens with zero attached hydrogens (tertiary/aromatic N) is 4. The molecule has 454 valence electrons. The van der Waals surface area contributed by atoms with Gasteiger partial charge in [-0.05, 0) is 109 Å². The van der Waals surface area contributed by atoms with Gasteiger partial charge in [-0.25, -0.2) is 9.69 Å². The van der Waals surface area contributed by atoms with Crippen molar-refractivity contribution in [1.82, 2.24) is 9.80 Å². The summed E-state index contributed by atoms with van der Waals surface area (Å²) in [6, 6.07) is 15.5. The molecular formula is C62H72N4O19. The van der Waals surface area contributed by atoms with Crippen molar-refractivity contribution in [3.05, 3.63) is 118 Å². The molecular weight excluding hydrogens is 1100 g/mol. The van der Waals surface area contributed by atoms with Gasteiger partial charge in [0.1, 0.15) is 56.2 Å². The smallest absolute Gasteiger partial charge is 0.416 e. The Labute approximate surface area is 491 Å². The maximum atomic E-state index is 14.6. The maximum absolute atomic E-state index is 14.6. The lowest BCUT2D eigenvalue weighted by Crippen LogP contribution is -2.54. The van der Waals surface area contributed by atoms with Crippen LogP contribution in [0, 0.1) is 6.92 Å². The molecule has 23 nitrogen and oxygen atoms in total. The molecule has 85 heavy (non-hydrogen) atoms. The number of anilines is 1. The molecule has 0 bridgehead atoms. The number of carbonyl (C=O) groups is 5. The summed E-state index contributed by atoms with van der Waals surface area (Å²) in [5, 5.41) is 43.1. The lowest BCUT2D eigenvalue weighted by atomic mass is 9.95. The number of carbonyl (C=O) groups excluding carboxylic acids is 5. The second-order valence-corrected chi connectivity index (χ2v) is 21.4. The summed E-state index contributed by atoms with van der Waals surface area (Å²) in [5.74, 6) is -0.380. The normalized spacial score (nSPS) is 21.6. The summed E-state index contributed by atoms with van der Waals surface area (Å²) in [7, 11) is 2.91. The Morgan fingerprint density at radius 2 is 1.46 bits per heavy atom. The van der Waals surface area contributed by atoms with Crippen molar-refractivity contribution in [2.75, 3.05) is 91.7 Å². The summed E-state index contributed by atoms with van der Waals surface area (Å²) in [6.45, 7) is 13.1. The van der Waals surface area contributed by atoms with Gasteiger partial charge in [0.05, 0.1) is 86.9 Å². The highest BCUT2D eigenvalue weighted by Gasteiger charge is 2.47. The van der Waals surface area contributed by atoms with Crippen molar-refractivity contribution in [3.63, 3.8) is 0 Å². The number of aryl methyl sites for hydroxylation is 1. The van der Waals surface area contributed by atoms with Gasteiger partial charge in [0.15, 0.2) is 29.3 Å². The van der Waals surface area contributed by atoms with E-state index in [1.165, 1.54) is 56.4 Å². The van der Waals surface area contributed by atoms with E-state index >= 15 is 0 Å².